The minimum Gasteiger partial charge on any atom is -0.230 e. The van der Waals surface area contributed by atoms with Gasteiger partial charge in [-0.25, -0.2) is 4.98 Å². The molecule has 0 spiro atoms. The third kappa shape index (κ3) is 2.90. The van der Waals surface area contributed by atoms with Gasteiger partial charge in [-0.1, -0.05) is 53.2 Å². The van der Waals surface area contributed by atoms with Crippen molar-refractivity contribution in [3.05, 3.63) is 58.1 Å². The van der Waals surface area contributed by atoms with Gasteiger partial charge < -0.3 is 0 Å². The molecule has 0 bridgehead atoms. The lowest BCUT2D eigenvalue weighted by Gasteiger charge is -2.04. The Morgan fingerprint density at radius 2 is 1.74 bits per heavy atom. The number of aromatic nitrogens is 1. The van der Waals surface area contributed by atoms with Crippen LogP contribution in [0.2, 0.25) is 10.0 Å². The zero-order valence-electron chi connectivity index (χ0n) is 9.77. The van der Waals surface area contributed by atoms with Crippen molar-refractivity contribution in [3.8, 4) is 0 Å². The van der Waals surface area contributed by atoms with Gasteiger partial charge in [0, 0.05) is 15.8 Å². The smallest absolute Gasteiger partial charge is 0.151 e. The zero-order valence-corrected chi connectivity index (χ0v) is 12.9. The molecule has 19 heavy (non-hydrogen) atoms. The van der Waals surface area contributed by atoms with Crippen LogP contribution in [0.5, 0.6) is 0 Å². The monoisotopic (exact) mass is 325 g/mol. The van der Waals surface area contributed by atoms with Gasteiger partial charge in [0.05, 0.1) is 10.2 Å². The van der Waals surface area contributed by atoms with Gasteiger partial charge in [-0.3, -0.25) is 0 Å². The number of para-hydroxylation sites is 1. The Morgan fingerprint density at radius 1 is 1.00 bits per heavy atom. The Morgan fingerprint density at radius 3 is 2.47 bits per heavy atom. The van der Waals surface area contributed by atoms with Gasteiger partial charge in [0.25, 0.3) is 0 Å². The van der Waals surface area contributed by atoms with E-state index < -0.39 is 0 Å². The molecule has 0 saturated heterocycles. The van der Waals surface area contributed by atoms with Crippen LogP contribution in [0.15, 0.2) is 46.8 Å². The minimum atomic E-state index is 0.709. The highest BCUT2D eigenvalue weighted by Crippen LogP contribution is 2.35. The van der Waals surface area contributed by atoms with Crippen molar-refractivity contribution in [1.29, 1.82) is 0 Å². The van der Waals surface area contributed by atoms with Crippen molar-refractivity contribution < 1.29 is 0 Å². The Kier molecular flexibility index (Phi) is 3.99. The highest BCUT2D eigenvalue weighted by molar-refractivity contribution is 8.00. The summed E-state index contributed by atoms with van der Waals surface area (Å²) in [5.41, 5.74) is 2.01. The number of nitrogens with zero attached hydrogens (tertiary/aromatic N) is 1. The number of benzene rings is 2. The molecule has 5 heteroatoms. The molecule has 0 unspecified atom stereocenters. The molecule has 1 heterocycles. The van der Waals surface area contributed by atoms with Crippen molar-refractivity contribution in [2.24, 2.45) is 0 Å². The maximum Gasteiger partial charge on any atom is 0.151 e. The summed E-state index contributed by atoms with van der Waals surface area (Å²) < 4.78 is 2.24. The predicted molar refractivity (Wildman–Crippen MR) is 85.6 cm³/mol. The van der Waals surface area contributed by atoms with Gasteiger partial charge in [-0.05, 0) is 29.8 Å². The largest absolute Gasteiger partial charge is 0.230 e. The first-order valence-electron chi connectivity index (χ1n) is 5.65. The van der Waals surface area contributed by atoms with Crippen LogP contribution in [-0.4, -0.2) is 4.98 Å². The molecule has 0 atom stereocenters. The fourth-order valence-corrected chi connectivity index (χ4v) is 4.53. The fourth-order valence-electron chi connectivity index (χ4n) is 1.72. The van der Waals surface area contributed by atoms with E-state index in [2.05, 4.69) is 11.1 Å². The summed E-state index contributed by atoms with van der Waals surface area (Å²) in [6.07, 6.45) is 0. The molecule has 1 nitrogen and oxygen atoms in total. The highest BCUT2D eigenvalue weighted by Gasteiger charge is 2.08. The average molecular weight is 326 g/mol. The summed E-state index contributed by atoms with van der Waals surface area (Å²) in [6, 6.07) is 13.7. The van der Waals surface area contributed by atoms with Crippen LogP contribution in [0.4, 0.5) is 0 Å². The quantitative estimate of drug-likeness (QED) is 0.556. The third-order valence-electron chi connectivity index (χ3n) is 2.68. The number of hydrogen-bond donors (Lipinski definition) is 0. The van der Waals surface area contributed by atoms with E-state index in [-0.39, 0.29) is 0 Å². The second kappa shape index (κ2) is 5.71. The van der Waals surface area contributed by atoms with Gasteiger partial charge in [0.1, 0.15) is 0 Å². The van der Waals surface area contributed by atoms with E-state index in [4.69, 9.17) is 23.2 Å². The molecule has 0 amide bonds. The van der Waals surface area contributed by atoms with Gasteiger partial charge in [-0.2, -0.15) is 0 Å². The van der Waals surface area contributed by atoms with Crippen molar-refractivity contribution in [2.45, 2.75) is 10.1 Å². The topological polar surface area (TPSA) is 12.9 Å². The van der Waals surface area contributed by atoms with Crippen molar-refractivity contribution in [1.82, 2.24) is 4.98 Å². The number of halogens is 2. The van der Waals surface area contributed by atoms with E-state index in [0.29, 0.717) is 10.0 Å². The minimum absolute atomic E-state index is 0.709. The molecule has 0 radical (unpaired) electrons. The van der Waals surface area contributed by atoms with Crippen LogP contribution in [-0.2, 0) is 5.75 Å². The maximum atomic E-state index is 6.16. The molecule has 3 rings (SSSR count). The summed E-state index contributed by atoms with van der Waals surface area (Å²) in [5.74, 6) is 0.734. The van der Waals surface area contributed by atoms with Gasteiger partial charge >= 0.3 is 0 Å². The van der Waals surface area contributed by atoms with Crippen molar-refractivity contribution in [2.75, 3.05) is 0 Å². The second-order valence-electron chi connectivity index (χ2n) is 3.94. The third-order valence-corrected chi connectivity index (χ3v) is 5.59. The lowest BCUT2D eigenvalue weighted by atomic mass is 10.2. The standard InChI is InChI=1S/C14H9Cl2NS2/c15-10-4-3-5-11(16)9(10)8-18-14-17-12-6-1-2-7-13(12)19-14/h1-7H,8H2. The molecule has 1 aromatic heterocycles. The predicted octanol–water partition coefficient (Wildman–Crippen LogP) is 5.90. The molecule has 0 aliphatic carbocycles. The SMILES string of the molecule is Clc1cccc(Cl)c1CSc1nc2ccccc2s1. The Balaban J connectivity index is 1.82. The van der Waals surface area contributed by atoms with E-state index in [1.165, 1.54) is 4.70 Å². The second-order valence-corrected chi connectivity index (χ2v) is 7.00. The van der Waals surface area contributed by atoms with Crippen molar-refractivity contribution in [3.63, 3.8) is 0 Å². The molecule has 0 aliphatic rings. The van der Waals surface area contributed by atoms with Crippen LogP contribution in [0.25, 0.3) is 10.2 Å². The molecule has 2 aromatic carbocycles. The summed E-state index contributed by atoms with van der Waals surface area (Å²) in [7, 11) is 0. The molecule has 96 valence electrons. The Hall–Kier alpha value is -0.740. The maximum absolute atomic E-state index is 6.16. The molecule has 3 aromatic rings. The summed E-state index contributed by atoms with van der Waals surface area (Å²) in [4.78, 5) is 4.58. The molecular weight excluding hydrogens is 317 g/mol. The Bertz CT molecular complexity index is 671. The first-order valence-corrected chi connectivity index (χ1v) is 8.21. The molecule has 0 fully saturated rings. The van der Waals surface area contributed by atoms with Gasteiger partial charge in [-0.15, -0.1) is 11.3 Å². The lowest BCUT2D eigenvalue weighted by molar-refractivity contribution is 1.29. The first-order chi connectivity index (χ1) is 9.24. The van der Waals surface area contributed by atoms with Crippen LogP contribution in [0, 0.1) is 0 Å². The van der Waals surface area contributed by atoms with Gasteiger partial charge in [0.15, 0.2) is 4.34 Å². The van der Waals surface area contributed by atoms with Crippen LogP contribution in [0.1, 0.15) is 5.56 Å². The van der Waals surface area contributed by atoms with Crippen LogP contribution >= 0.6 is 46.3 Å². The van der Waals surface area contributed by atoms with E-state index in [1.54, 1.807) is 23.1 Å². The fraction of sp³-hybridized carbons (Fsp3) is 0.0714. The number of fused-ring (bicyclic) bond motifs is 1. The van der Waals surface area contributed by atoms with Crippen LogP contribution < -0.4 is 0 Å². The van der Waals surface area contributed by atoms with Crippen LogP contribution in [0.3, 0.4) is 0 Å². The molecular formula is C14H9Cl2NS2. The highest BCUT2D eigenvalue weighted by atomic mass is 35.5. The van der Waals surface area contributed by atoms with Crippen molar-refractivity contribution >= 4 is 56.5 Å². The average Bonchev–Trinajstić information content (AvgIpc) is 2.81. The number of thioether (sulfide) groups is 1. The van der Waals surface area contributed by atoms with E-state index in [1.807, 2.05) is 36.4 Å². The van der Waals surface area contributed by atoms with E-state index >= 15 is 0 Å². The zero-order chi connectivity index (χ0) is 13.2. The lowest BCUT2D eigenvalue weighted by Crippen LogP contribution is -1.84. The molecule has 0 aliphatic heterocycles. The molecule has 0 saturated carbocycles. The molecule has 0 N–H and O–H groups in total. The van der Waals surface area contributed by atoms with E-state index in [0.717, 1.165) is 21.2 Å². The van der Waals surface area contributed by atoms with Gasteiger partial charge in [0.2, 0.25) is 0 Å². The summed E-state index contributed by atoms with van der Waals surface area (Å²) in [6.45, 7) is 0. The summed E-state index contributed by atoms with van der Waals surface area (Å²) in [5, 5.41) is 1.42. The summed E-state index contributed by atoms with van der Waals surface area (Å²) >= 11 is 15.7. The number of rotatable bonds is 3. The number of hydrogen-bond acceptors (Lipinski definition) is 3. The van der Waals surface area contributed by atoms with E-state index in [9.17, 15) is 0 Å². The first kappa shape index (κ1) is 13.3. The Labute approximate surface area is 129 Å². The number of thiazole rings is 1. The normalized spacial score (nSPS) is 11.1.